The average Bonchev–Trinajstić information content (AvgIpc) is 2.52. The van der Waals surface area contributed by atoms with E-state index in [0.29, 0.717) is 5.57 Å². The fourth-order valence-electron chi connectivity index (χ4n) is 1.89. The molecule has 120 valence electrons. The molecule has 0 fully saturated rings. The van der Waals surface area contributed by atoms with Crippen LogP contribution in [0.2, 0.25) is 0 Å². The Kier molecular flexibility index (Phi) is 10.5. The number of guanidine groups is 1. The summed E-state index contributed by atoms with van der Waals surface area (Å²) in [7, 11) is 1.61. The van der Waals surface area contributed by atoms with Gasteiger partial charge in [-0.25, -0.2) is 17.5 Å². The van der Waals surface area contributed by atoms with Crippen LogP contribution in [-0.2, 0) is 4.79 Å². The SMILES string of the molecule is CC.[CH2-]/C(=C\[N-]c1cccc(C)c1)C1CC(=O)N(C)C(N)=N1.[K+]. The molecule has 0 saturated carbocycles. The fraction of sp³-hybridized carbons (Fsp3) is 0.353. The molecule has 1 aromatic carbocycles. The van der Waals surface area contributed by atoms with Crippen LogP contribution in [0.3, 0.4) is 0 Å². The van der Waals surface area contributed by atoms with E-state index in [0.717, 1.165) is 11.3 Å². The Morgan fingerprint density at radius 1 is 1.48 bits per heavy atom. The van der Waals surface area contributed by atoms with Crippen LogP contribution in [-0.4, -0.2) is 29.9 Å². The van der Waals surface area contributed by atoms with Crippen LogP contribution >= 0.6 is 0 Å². The molecule has 0 spiro atoms. The quantitative estimate of drug-likeness (QED) is 0.635. The number of aryl methyl sites for hydroxylation is 1. The first-order valence-electron chi connectivity index (χ1n) is 7.36. The standard InChI is InChI=1S/C15H18N4O.C2H6.K/c1-10-5-4-6-12(7-10)17-9-11(2)13-8-14(20)19(3)15(16)18-13;1-2;/h4-7,9,13H,2,8H2,1,3H3,(H2,16,18);1-2H3;/q-2;;+1/b11-9+;;. The van der Waals surface area contributed by atoms with Crippen molar-refractivity contribution in [3.63, 3.8) is 0 Å². The van der Waals surface area contributed by atoms with Gasteiger partial charge >= 0.3 is 51.4 Å². The van der Waals surface area contributed by atoms with Gasteiger partial charge in [-0.15, -0.1) is 0 Å². The Balaban J connectivity index is 0.00000155. The molecular weight excluding hydrogens is 315 g/mol. The maximum atomic E-state index is 11.7. The van der Waals surface area contributed by atoms with Gasteiger partial charge in [-0.3, -0.25) is 9.69 Å². The minimum atomic E-state index is -0.327. The number of nitrogens with zero attached hydrogens (tertiary/aromatic N) is 3. The second kappa shape index (κ2) is 10.9. The zero-order chi connectivity index (χ0) is 16.7. The first-order chi connectivity index (χ1) is 10.5. The number of rotatable bonds is 3. The molecule has 1 unspecified atom stereocenters. The molecular formula is C17H24KN4O-. The molecule has 0 bridgehead atoms. The second-order valence-corrected chi connectivity index (χ2v) is 4.83. The van der Waals surface area contributed by atoms with Crippen LogP contribution in [0, 0.1) is 13.8 Å². The molecule has 1 heterocycles. The average molecular weight is 340 g/mol. The number of hydrogen-bond donors (Lipinski definition) is 1. The monoisotopic (exact) mass is 339 g/mol. The summed E-state index contributed by atoms with van der Waals surface area (Å²) < 4.78 is 0. The summed E-state index contributed by atoms with van der Waals surface area (Å²) in [5, 5.41) is 4.35. The third kappa shape index (κ3) is 6.69. The van der Waals surface area contributed by atoms with E-state index in [1.807, 2.05) is 45.0 Å². The molecule has 1 amide bonds. The minimum Gasteiger partial charge on any atom is -0.749 e. The molecule has 23 heavy (non-hydrogen) atoms. The van der Waals surface area contributed by atoms with E-state index in [4.69, 9.17) is 5.73 Å². The zero-order valence-corrected chi connectivity index (χ0v) is 17.8. The van der Waals surface area contributed by atoms with Crippen molar-refractivity contribution in [2.45, 2.75) is 33.2 Å². The van der Waals surface area contributed by atoms with Crippen molar-refractivity contribution in [1.29, 1.82) is 0 Å². The number of carbonyl (C=O) groups excluding carboxylic acids is 1. The molecule has 0 radical (unpaired) electrons. The summed E-state index contributed by atoms with van der Waals surface area (Å²) in [5.41, 5.74) is 8.36. The van der Waals surface area contributed by atoms with E-state index in [9.17, 15) is 4.79 Å². The van der Waals surface area contributed by atoms with Crippen LogP contribution in [0.4, 0.5) is 5.69 Å². The fourth-order valence-corrected chi connectivity index (χ4v) is 1.89. The number of hydrogen-bond acceptors (Lipinski definition) is 3. The van der Waals surface area contributed by atoms with Gasteiger partial charge in [-0.2, -0.15) is 5.69 Å². The predicted molar refractivity (Wildman–Crippen MR) is 91.8 cm³/mol. The van der Waals surface area contributed by atoms with Crippen LogP contribution in [0.15, 0.2) is 41.0 Å². The minimum absolute atomic E-state index is 0. The number of nitrogens with two attached hydrogens (primary N) is 1. The predicted octanol–water partition coefficient (Wildman–Crippen LogP) is 0.294. The summed E-state index contributed by atoms with van der Waals surface area (Å²) in [6.07, 6.45) is 1.92. The van der Waals surface area contributed by atoms with Crippen LogP contribution in [0.5, 0.6) is 0 Å². The molecule has 0 aromatic heterocycles. The molecule has 6 heteroatoms. The molecule has 2 rings (SSSR count). The topological polar surface area (TPSA) is 72.8 Å². The van der Waals surface area contributed by atoms with Gasteiger partial charge in [0.15, 0.2) is 5.96 Å². The molecule has 0 saturated heterocycles. The van der Waals surface area contributed by atoms with Gasteiger partial charge in [0.1, 0.15) is 0 Å². The Bertz CT molecular complexity index is 584. The van der Waals surface area contributed by atoms with Gasteiger partial charge in [0.2, 0.25) is 5.91 Å². The van der Waals surface area contributed by atoms with Gasteiger partial charge in [0.25, 0.3) is 0 Å². The van der Waals surface area contributed by atoms with E-state index >= 15 is 0 Å². The van der Waals surface area contributed by atoms with Crippen molar-refractivity contribution >= 4 is 17.6 Å². The number of carbonyl (C=O) groups is 1. The summed E-state index contributed by atoms with van der Waals surface area (Å²) in [6, 6.07) is 7.51. The maximum absolute atomic E-state index is 11.7. The van der Waals surface area contributed by atoms with Gasteiger partial charge < -0.3 is 17.3 Å². The summed E-state index contributed by atoms with van der Waals surface area (Å²) in [5.74, 6) is 0.156. The number of amides is 1. The third-order valence-corrected chi connectivity index (χ3v) is 3.18. The summed E-state index contributed by atoms with van der Waals surface area (Å²) in [4.78, 5) is 17.3. The first kappa shape index (κ1) is 22.2. The van der Waals surface area contributed by atoms with Crippen molar-refractivity contribution in [3.05, 3.63) is 53.8 Å². The van der Waals surface area contributed by atoms with Crippen molar-refractivity contribution < 1.29 is 56.2 Å². The van der Waals surface area contributed by atoms with E-state index < -0.39 is 0 Å². The van der Waals surface area contributed by atoms with Crippen molar-refractivity contribution in [3.8, 4) is 0 Å². The zero-order valence-electron chi connectivity index (χ0n) is 14.7. The molecule has 1 atom stereocenters. The second-order valence-electron chi connectivity index (χ2n) is 4.83. The van der Waals surface area contributed by atoms with Crippen LogP contribution < -0.4 is 57.1 Å². The molecule has 1 aromatic rings. The molecule has 2 N–H and O–H groups in total. The van der Waals surface area contributed by atoms with Crippen molar-refractivity contribution in [1.82, 2.24) is 4.90 Å². The van der Waals surface area contributed by atoms with Gasteiger partial charge in [0, 0.05) is 7.05 Å². The van der Waals surface area contributed by atoms with Crippen LogP contribution in [0.1, 0.15) is 25.8 Å². The van der Waals surface area contributed by atoms with E-state index in [1.54, 1.807) is 13.2 Å². The van der Waals surface area contributed by atoms with E-state index in [1.165, 1.54) is 4.90 Å². The third-order valence-electron chi connectivity index (χ3n) is 3.18. The molecule has 1 aliphatic rings. The molecule has 5 nitrogen and oxygen atoms in total. The van der Waals surface area contributed by atoms with Crippen molar-refractivity contribution in [2.24, 2.45) is 10.7 Å². The van der Waals surface area contributed by atoms with Crippen LogP contribution in [0.25, 0.3) is 5.32 Å². The van der Waals surface area contributed by atoms with E-state index in [2.05, 4.69) is 17.2 Å². The smallest absolute Gasteiger partial charge is 0.749 e. The first-order valence-corrected chi connectivity index (χ1v) is 7.36. The number of aliphatic imine (C=N–C) groups is 1. The number of benzene rings is 1. The maximum Gasteiger partial charge on any atom is 1.00 e. The van der Waals surface area contributed by atoms with Gasteiger partial charge in [-0.05, 0) is 6.92 Å². The Morgan fingerprint density at radius 3 is 2.70 bits per heavy atom. The Labute approximate surface area is 181 Å². The Morgan fingerprint density at radius 2 is 2.13 bits per heavy atom. The summed E-state index contributed by atoms with van der Waals surface area (Å²) in [6.45, 7) is 9.94. The normalized spacial score (nSPS) is 17.5. The Hall–Kier alpha value is -0.794. The van der Waals surface area contributed by atoms with Gasteiger partial charge in [0.05, 0.1) is 12.5 Å². The largest absolute Gasteiger partial charge is 1.00 e. The molecule has 0 aliphatic carbocycles. The van der Waals surface area contributed by atoms with Crippen molar-refractivity contribution in [2.75, 3.05) is 7.05 Å². The van der Waals surface area contributed by atoms with Gasteiger partial charge in [-0.1, -0.05) is 43.7 Å². The molecule has 1 aliphatic heterocycles. The van der Waals surface area contributed by atoms with E-state index in [-0.39, 0.29) is 75.7 Å². The summed E-state index contributed by atoms with van der Waals surface area (Å²) >= 11 is 0.